The predicted molar refractivity (Wildman–Crippen MR) is 205 cm³/mol. The summed E-state index contributed by atoms with van der Waals surface area (Å²) >= 11 is 0. The number of rotatable bonds is 8. The topological polar surface area (TPSA) is 43.2 Å². The van der Waals surface area contributed by atoms with Crippen molar-refractivity contribution in [1.29, 1.82) is 0 Å². The second-order valence-corrected chi connectivity index (χ2v) is 17.4. The van der Waals surface area contributed by atoms with Crippen LogP contribution in [0.3, 0.4) is 0 Å². The summed E-state index contributed by atoms with van der Waals surface area (Å²) in [4.78, 5) is 11.0. The Morgan fingerprint density at radius 3 is 1.06 bits per heavy atom. The van der Waals surface area contributed by atoms with E-state index in [4.69, 9.17) is 19.5 Å². The van der Waals surface area contributed by atoms with Crippen molar-refractivity contribution in [2.75, 3.05) is 0 Å². The van der Waals surface area contributed by atoms with Gasteiger partial charge >= 0.3 is 0 Å². The van der Waals surface area contributed by atoms with E-state index in [1.807, 2.05) is 0 Å². The first-order chi connectivity index (χ1) is 23.0. The molecule has 2 aliphatic heterocycles. The summed E-state index contributed by atoms with van der Waals surface area (Å²) in [5.41, 5.74) is 5.21. The van der Waals surface area contributed by atoms with Gasteiger partial charge in [-0.3, -0.25) is 0 Å². The highest BCUT2D eigenvalue weighted by atomic mass is 16.5. The van der Waals surface area contributed by atoms with Crippen LogP contribution in [0.15, 0.2) is 119 Å². The van der Waals surface area contributed by atoms with Crippen LogP contribution < -0.4 is 0 Å². The Hall–Kier alpha value is -4.18. The number of hydrogen-bond donors (Lipinski definition) is 0. The Morgan fingerprint density at radius 1 is 0.469 bits per heavy atom. The third-order valence-corrected chi connectivity index (χ3v) is 10.1. The molecule has 256 valence electrons. The van der Waals surface area contributed by atoms with Gasteiger partial charge in [0.2, 0.25) is 11.8 Å². The minimum Gasteiger partial charge on any atom is -0.472 e. The first-order valence-corrected chi connectivity index (χ1v) is 17.8. The van der Waals surface area contributed by atoms with E-state index in [0.717, 1.165) is 11.8 Å². The van der Waals surface area contributed by atoms with Gasteiger partial charge in [-0.2, -0.15) is 0 Å². The lowest BCUT2D eigenvalue weighted by Gasteiger charge is -2.37. The van der Waals surface area contributed by atoms with Gasteiger partial charge in [0.25, 0.3) is 0 Å². The summed E-state index contributed by atoms with van der Waals surface area (Å²) in [5, 5.41) is 0. The minimum atomic E-state index is -0.767. The molecule has 0 saturated carbocycles. The van der Waals surface area contributed by atoms with E-state index < -0.39 is 16.6 Å². The zero-order valence-corrected chi connectivity index (χ0v) is 31.2. The van der Waals surface area contributed by atoms with Crippen molar-refractivity contribution in [2.45, 2.75) is 105 Å². The van der Waals surface area contributed by atoms with E-state index in [9.17, 15) is 0 Å². The fourth-order valence-corrected chi connectivity index (χ4v) is 8.17. The van der Waals surface area contributed by atoms with E-state index in [2.05, 4.69) is 178 Å². The van der Waals surface area contributed by atoms with Crippen molar-refractivity contribution in [2.24, 2.45) is 26.2 Å². The van der Waals surface area contributed by atoms with E-state index in [0.29, 0.717) is 12.8 Å². The Kier molecular flexibility index (Phi) is 8.92. The fraction of sp³-hybridized carbons (Fsp3) is 0.422. The first kappa shape index (κ1) is 34.7. The lowest BCUT2D eigenvalue weighted by atomic mass is 9.75. The van der Waals surface area contributed by atoms with Gasteiger partial charge in [-0.1, -0.05) is 151 Å². The van der Waals surface area contributed by atoms with Crippen LogP contribution in [0.1, 0.15) is 80.4 Å². The number of ether oxygens (including phenoxy) is 2. The molecule has 0 aliphatic carbocycles. The SMILES string of the molecule is CC(C)(C)[C@@H]1N=C(C(Cc2ccc(-c3ccccc3)cc2)(Cc2ccc(-c3ccccc3)cc2)C2=N[C@@H](C(C)(C)C)C(C)(C)O2)OC1(C)C. The quantitative estimate of drug-likeness (QED) is 0.190. The molecule has 0 saturated heterocycles. The third-order valence-electron chi connectivity index (χ3n) is 10.1. The largest absolute Gasteiger partial charge is 0.472 e. The molecule has 0 spiro atoms. The molecule has 49 heavy (non-hydrogen) atoms. The van der Waals surface area contributed by atoms with E-state index in [1.54, 1.807) is 0 Å². The zero-order chi connectivity index (χ0) is 35.2. The van der Waals surface area contributed by atoms with E-state index in [1.165, 1.54) is 33.4 Å². The molecule has 0 N–H and O–H groups in total. The summed E-state index contributed by atoms with van der Waals surface area (Å²) in [7, 11) is 0. The summed E-state index contributed by atoms with van der Waals surface area (Å²) in [6.45, 7) is 22.2. The van der Waals surface area contributed by atoms with Crippen LogP contribution in [0, 0.1) is 16.2 Å². The summed E-state index contributed by atoms with van der Waals surface area (Å²) < 4.78 is 14.1. The smallest absolute Gasteiger partial charge is 0.200 e. The molecule has 0 amide bonds. The van der Waals surface area contributed by atoms with Gasteiger partial charge in [-0.05, 0) is 84.7 Å². The normalized spacial score (nSPS) is 20.3. The van der Waals surface area contributed by atoms with Gasteiger partial charge in [0, 0.05) is 0 Å². The van der Waals surface area contributed by atoms with Crippen LogP contribution in [0.25, 0.3) is 22.3 Å². The Balaban J connectivity index is 1.52. The highest BCUT2D eigenvalue weighted by molar-refractivity contribution is 6.07. The molecule has 2 heterocycles. The fourth-order valence-electron chi connectivity index (χ4n) is 8.17. The van der Waals surface area contributed by atoms with Crippen molar-refractivity contribution >= 4 is 11.8 Å². The van der Waals surface area contributed by atoms with Crippen molar-refractivity contribution in [3.63, 3.8) is 0 Å². The molecule has 0 unspecified atom stereocenters. The lowest BCUT2D eigenvalue weighted by Crippen LogP contribution is -2.48. The van der Waals surface area contributed by atoms with E-state index in [-0.39, 0.29) is 22.9 Å². The van der Waals surface area contributed by atoms with Crippen LogP contribution in [0.5, 0.6) is 0 Å². The molecule has 4 aromatic rings. The van der Waals surface area contributed by atoms with Crippen molar-refractivity contribution < 1.29 is 9.47 Å². The average Bonchev–Trinajstić information content (AvgIpc) is 3.58. The van der Waals surface area contributed by atoms with Gasteiger partial charge in [-0.25, -0.2) is 9.98 Å². The monoisotopic (exact) mass is 654 g/mol. The maximum absolute atomic E-state index is 7.07. The average molecular weight is 655 g/mol. The molecule has 6 rings (SSSR count). The number of nitrogens with zero attached hydrogens (tertiary/aromatic N) is 2. The summed E-state index contributed by atoms with van der Waals surface area (Å²) in [6, 6.07) is 38.9. The standard InChI is InChI=1S/C45H54N2O2/c1-41(2,3)37-43(7,8)48-39(46-37)45(40-47-38(42(4,5)6)44(9,10)49-40,29-31-21-25-35(26-22-31)33-17-13-11-14-18-33)30-32-23-27-36(28-24-32)34-19-15-12-16-20-34/h11-28,37-38H,29-30H2,1-10H3/t37-,38-/m0/s1. The zero-order valence-electron chi connectivity index (χ0n) is 31.2. The van der Waals surface area contributed by atoms with E-state index >= 15 is 0 Å². The summed E-state index contributed by atoms with van der Waals surface area (Å²) in [6.07, 6.45) is 1.28. The van der Waals surface area contributed by atoms with Crippen LogP contribution >= 0.6 is 0 Å². The minimum absolute atomic E-state index is 0.0382. The number of aliphatic imine (C=N–C) groups is 2. The molecule has 2 atom stereocenters. The van der Waals surface area contributed by atoms with Gasteiger partial charge in [-0.15, -0.1) is 0 Å². The van der Waals surface area contributed by atoms with Gasteiger partial charge in [0.05, 0.1) is 12.1 Å². The summed E-state index contributed by atoms with van der Waals surface area (Å²) in [5.74, 6) is 1.45. The molecular formula is C45H54N2O2. The molecule has 0 bridgehead atoms. The molecule has 2 aliphatic rings. The van der Waals surface area contributed by atoms with Crippen LogP contribution in [-0.2, 0) is 22.3 Å². The Morgan fingerprint density at radius 2 is 0.776 bits per heavy atom. The second-order valence-electron chi connectivity index (χ2n) is 17.4. The van der Waals surface area contributed by atoms with Crippen LogP contribution in [0.4, 0.5) is 0 Å². The van der Waals surface area contributed by atoms with Crippen molar-refractivity contribution in [1.82, 2.24) is 0 Å². The third kappa shape index (κ3) is 7.11. The van der Waals surface area contributed by atoms with Crippen LogP contribution in [0.2, 0.25) is 0 Å². The van der Waals surface area contributed by atoms with Crippen LogP contribution in [-0.4, -0.2) is 35.1 Å². The van der Waals surface area contributed by atoms with Crippen molar-refractivity contribution in [3.05, 3.63) is 120 Å². The highest BCUT2D eigenvalue weighted by Gasteiger charge is 2.58. The molecule has 0 aromatic heterocycles. The maximum atomic E-state index is 7.07. The molecule has 4 heteroatoms. The molecule has 4 nitrogen and oxygen atoms in total. The molecule has 0 fully saturated rings. The second kappa shape index (κ2) is 12.6. The highest BCUT2D eigenvalue weighted by Crippen LogP contribution is 2.48. The molecule has 4 aromatic carbocycles. The number of hydrogen-bond acceptors (Lipinski definition) is 4. The Bertz CT molecular complexity index is 1670. The first-order valence-electron chi connectivity index (χ1n) is 17.8. The predicted octanol–water partition coefficient (Wildman–Crippen LogP) is 11.0. The maximum Gasteiger partial charge on any atom is 0.200 e. The van der Waals surface area contributed by atoms with Gasteiger partial charge in [0.1, 0.15) is 16.6 Å². The Labute approximate surface area is 294 Å². The molecule has 0 radical (unpaired) electrons. The van der Waals surface area contributed by atoms with Gasteiger partial charge in [0.15, 0.2) is 0 Å². The van der Waals surface area contributed by atoms with Crippen molar-refractivity contribution in [3.8, 4) is 22.3 Å². The van der Waals surface area contributed by atoms with Gasteiger partial charge < -0.3 is 9.47 Å². The number of benzene rings is 4. The lowest BCUT2D eigenvalue weighted by molar-refractivity contribution is 0.0372. The molecular weight excluding hydrogens is 601 g/mol.